The Balaban J connectivity index is 1.93. The topological polar surface area (TPSA) is 50.3 Å². The van der Waals surface area contributed by atoms with E-state index in [1.807, 2.05) is 6.07 Å². The van der Waals surface area contributed by atoms with Crippen LogP contribution in [0.4, 0.5) is 0 Å². The Morgan fingerprint density at radius 3 is 2.71 bits per heavy atom. The third-order valence-electron chi connectivity index (χ3n) is 3.36. The van der Waals surface area contributed by atoms with Crippen molar-refractivity contribution in [2.75, 3.05) is 0 Å². The van der Waals surface area contributed by atoms with Crippen LogP contribution in [0, 0.1) is 0 Å². The number of rotatable bonds is 2. The van der Waals surface area contributed by atoms with Crippen molar-refractivity contribution in [2.45, 2.75) is 13.0 Å². The summed E-state index contributed by atoms with van der Waals surface area (Å²) >= 11 is 11.8. The number of pyridine rings is 1. The van der Waals surface area contributed by atoms with E-state index in [1.165, 1.54) is 17.2 Å². The van der Waals surface area contributed by atoms with Gasteiger partial charge in [-0.15, -0.1) is 0 Å². The summed E-state index contributed by atoms with van der Waals surface area (Å²) in [5, 5.41) is 0.653. The van der Waals surface area contributed by atoms with Crippen molar-refractivity contribution >= 4 is 35.0 Å². The molecule has 2 heterocycles. The van der Waals surface area contributed by atoms with Gasteiger partial charge in [-0.2, -0.15) is 0 Å². The maximum atomic E-state index is 12.4. The van der Waals surface area contributed by atoms with E-state index in [2.05, 4.69) is 4.98 Å². The first-order valence-corrected chi connectivity index (χ1v) is 7.04. The van der Waals surface area contributed by atoms with Gasteiger partial charge in [0.05, 0.1) is 18.0 Å². The van der Waals surface area contributed by atoms with E-state index < -0.39 is 0 Å². The normalized spacial score (nSPS) is 14.3. The molecular weight excluding hydrogens is 311 g/mol. The predicted octanol–water partition coefficient (Wildman–Crippen LogP) is 3.11. The zero-order valence-electron chi connectivity index (χ0n) is 10.8. The van der Waals surface area contributed by atoms with Crippen LogP contribution in [0.25, 0.3) is 0 Å². The smallest absolute Gasteiger partial charge is 0.261 e. The zero-order valence-corrected chi connectivity index (χ0v) is 12.4. The monoisotopic (exact) mass is 320 g/mol. The molecule has 6 heteroatoms. The van der Waals surface area contributed by atoms with Gasteiger partial charge >= 0.3 is 0 Å². The number of benzene rings is 1. The van der Waals surface area contributed by atoms with Crippen molar-refractivity contribution in [1.29, 1.82) is 0 Å². The first-order valence-electron chi connectivity index (χ1n) is 6.29. The second kappa shape index (κ2) is 5.47. The molecule has 0 unspecified atom stereocenters. The Kier molecular flexibility index (Phi) is 3.66. The average molecular weight is 321 g/mol. The molecule has 106 valence electrons. The second-order valence-electron chi connectivity index (χ2n) is 4.72. The summed E-state index contributed by atoms with van der Waals surface area (Å²) in [4.78, 5) is 29.7. The molecule has 2 amide bonds. The first kappa shape index (κ1) is 14.0. The molecular formula is C15H10Cl2N2O2. The molecule has 3 rings (SSSR count). The number of amides is 2. The third kappa shape index (κ3) is 2.64. The predicted molar refractivity (Wildman–Crippen MR) is 79.3 cm³/mol. The number of hydrogen-bond donors (Lipinski definition) is 0. The van der Waals surface area contributed by atoms with Crippen LogP contribution in [0.5, 0.6) is 0 Å². The van der Waals surface area contributed by atoms with Crippen molar-refractivity contribution in [1.82, 2.24) is 9.88 Å². The van der Waals surface area contributed by atoms with Gasteiger partial charge in [0.15, 0.2) is 0 Å². The lowest BCUT2D eigenvalue weighted by molar-refractivity contribution is -0.128. The number of nitrogens with zero attached hydrogens (tertiary/aromatic N) is 2. The Morgan fingerprint density at radius 1 is 1.19 bits per heavy atom. The second-order valence-corrected chi connectivity index (χ2v) is 5.51. The molecule has 0 saturated carbocycles. The van der Waals surface area contributed by atoms with E-state index in [4.69, 9.17) is 23.2 Å². The summed E-state index contributed by atoms with van der Waals surface area (Å²) in [5.74, 6) is -0.558. The first-order chi connectivity index (χ1) is 10.1. The van der Waals surface area contributed by atoms with E-state index in [1.54, 1.807) is 18.2 Å². The number of carbonyl (C=O) groups excluding carboxylic acids is 2. The summed E-state index contributed by atoms with van der Waals surface area (Å²) in [6.45, 7) is 0.0923. The Labute approximate surface area is 131 Å². The number of hydrogen-bond acceptors (Lipinski definition) is 3. The molecule has 0 N–H and O–H groups in total. The van der Waals surface area contributed by atoms with Crippen molar-refractivity contribution in [2.24, 2.45) is 0 Å². The van der Waals surface area contributed by atoms with Crippen LogP contribution < -0.4 is 0 Å². The van der Waals surface area contributed by atoms with Crippen molar-refractivity contribution in [3.8, 4) is 0 Å². The summed E-state index contributed by atoms with van der Waals surface area (Å²) < 4.78 is 0. The molecule has 1 aromatic heterocycles. The average Bonchev–Trinajstić information content (AvgIpc) is 2.45. The lowest BCUT2D eigenvalue weighted by Crippen LogP contribution is -2.41. The van der Waals surface area contributed by atoms with E-state index >= 15 is 0 Å². The van der Waals surface area contributed by atoms with Gasteiger partial charge < -0.3 is 0 Å². The molecule has 0 atom stereocenters. The number of carbonyl (C=O) groups is 2. The fourth-order valence-corrected chi connectivity index (χ4v) is 2.71. The minimum atomic E-state index is -0.312. The number of imide groups is 1. The van der Waals surface area contributed by atoms with Gasteiger partial charge in [-0.05, 0) is 17.7 Å². The van der Waals surface area contributed by atoms with Crippen LogP contribution in [0.2, 0.25) is 10.2 Å². The fraction of sp³-hybridized carbons (Fsp3) is 0.133. The van der Waals surface area contributed by atoms with E-state index in [0.29, 0.717) is 16.1 Å². The van der Waals surface area contributed by atoms with Crippen LogP contribution in [0.1, 0.15) is 21.5 Å². The van der Waals surface area contributed by atoms with E-state index in [9.17, 15) is 9.59 Å². The van der Waals surface area contributed by atoms with Crippen LogP contribution in [0.3, 0.4) is 0 Å². The number of aromatic nitrogens is 1. The Hall–Kier alpha value is -1.91. The summed E-state index contributed by atoms with van der Waals surface area (Å²) in [5.41, 5.74) is 1.89. The van der Waals surface area contributed by atoms with Crippen molar-refractivity contribution in [3.63, 3.8) is 0 Å². The van der Waals surface area contributed by atoms with Crippen molar-refractivity contribution < 1.29 is 9.59 Å². The molecule has 2 aromatic rings. The third-order valence-corrected chi connectivity index (χ3v) is 3.92. The quantitative estimate of drug-likeness (QED) is 0.631. The minimum Gasteiger partial charge on any atom is -0.274 e. The highest BCUT2D eigenvalue weighted by Crippen LogP contribution is 2.24. The zero-order chi connectivity index (χ0) is 15.0. The maximum absolute atomic E-state index is 12.4. The summed E-state index contributed by atoms with van der Waals surface area (Å²) in [6.07, 6.45) is 1.69. The lowest BCUT2D eigenvalue weighted by Gasteiger charge is -2.27. The Morgan fingerprint density at radius 2 is 1.95 bits per heavy atom. The summed E-state index contributed by atoms with van der Waals surface area (Å²) in [7, 11) is 0. The van der Waals surface area contributed by atoms with Gasteiger partial charge in [0.25, 0.3) is 5.91 Å². The standard InChI is InChI=1S/C15H10Cl2N2O2/c16-12-6-13(17)18-7-10(12)8-19-14(20)5-9-3-1-2-4-11(9)15(19)21/h1-4,6-7H,5,8H2. The molecule has 0 radical (unpaired) electrons. The van der Waals surface area contributed by atoms with Crippen LogP contribution >= 0.6 is 23.2 Å². The lowest BCUT2D eigenvalue weighted by atomic mass is 9.98. The number of fused-ring (bicyclic) bond motifs is 1. The molecule has 0 bridgehead atoms. The molecule has 0 spiro atoms. The molecule has 4 nitrogen and oxygen atoms in total. The molecule has 1 aliphatic rings. The van der Waals surface area contributed by atoms with Crippen LogP contribution in [0.15, 0.2) is 36.5 Å². The molecule has 1 aromatic carbocycles. The fourth-order valence-electron chi connectivity index (χ4n) is 2.28. The van der Waals surface area contributed by atoms with Crippen LogP contribution in [-0.4, -0.2) is 21.7 Å². The van der Waals surface area contributed by atoms with Gasteiger partial charge in [0.1, 0.15) is 5.15 Å². The largest absolute Gasteiger partial charge is 0.274 e. The molecule has 0 saturated heterocycles. The highest BCUT2D eigenvalue weighted by Gasteiger charge is 2.30. The molecule has 0 fully saturated rings. The number of halogens is 2. The maximum Gasteiger partial charge on any atom is 0.261 e. The van der Waals surface area contributed by atoms with Gasteiger partial charge in [-0.25, -0.2) is 4.98 Å². The van der Waals surface area contributed by atoms with E-state index in [0.717, 1.165) is 5.56 Å². The van der Waals surface area contributed by atoms with E-state index in [-0.39, 0.29) is 29.9 Å². The van der Waals surface area contributed by atoms with Gasteiger partial charge in [0, 0.05) is 17.3 Å². The highest BCUT2D eigenvalue weighted by atomic mass is 35.5. The molecule has 0 aliphatic carbocycles. The molecule has 1 aliphatic heterocycles. The van der Waals surface area contributed by atoms with Crippen molar-refractivity contribution in [3.05, 3.63) is 63.4 Å². The highest BCUT2D eigenvalue weighted by molar-refractivity contribution is 6.34. The Bertz CT molecular complexity index is 746. The van der Waals surface area contributed by atoms with Crippen LogP contribution in [-0.2, 0) is 17.8 Å². The molecule has 21 heavy (non-hydrogen) atoms. The van der Waals surface area contributed by atoms with Gasteiger partial charge in [-0.1, -0.05) is 41.4 Å². The minimum absolute atomic E-state index is 0.0923. The SMILES string of the molecule is O=C1Cc2ccccc2C(=O)N1Cc1cnc(Cl)cc1Cl. The van der Waals surface area contributed by atoms with Gasteiger partial charge in [-0.3, -0.25) is 14.5 Å². The summed E-state index contributed by atoms with van der Waals surface area (Å²) in [6, 6.07) is 8.60. The van der Waals surface area contributed by atoms with Gasteiger partial charge in [0.2, 0.25) is 5.91 Å².